The molecule has 0 saturated carbocycles. The minimum absolute atomic E-state index is 0.157. The minimum Gasteiger partial charge on any atom is -0.390 e. The number of rotatable bonds is 5. The second kappa shape index (κ2) is 6.18. The second-order valence-corrected chi connectivity index (χ2v) is 4.80. The molecule has 17 heavy (non-hydrogen) atoms. The standard InChI is InChI=1S/C15H24O2/c1-5-12(6-2)14(16)15(17)13-9-7-8-10(3)11(13)4/h7-9,12,14-17H,5-6H2,1-4H3. The maximum atomic E-state index is 10.3. The third-order valence-corrected chi connectivity index (χ3v) is 3.82. The van der Waals surface area contributed by atoms with Gasteiger partial charge in [0.15, 0.2) is 0 Å². The van der Waals surface area contributed by atoms with E-state index in [0.29, 0.717) is 0 Å². The maximum Gasteiger partial charge on any atom is 0.105 e. The molecule has 1 aromatic carbocycles. The SMILES string of the molecule is CCC(CC)C(O)C(O)c1cccc(C)c1C. The van der Waals surface area contributed by atoms with Gasteiger partial charge < -0.3 is 10.2 Å². The van der Waals surface area contributed by atoms with Crippen molar-refractivity contribution in [2.24, 2.45) is 5.92 Å². The first kappa shape index (κ1) is 14.2. The largest absolute Gasteiger partial charge is 0.390 e. The van der Waals surface area contributed by atoms with Crippen molar-refractivity contribution in [2.75, 3.05) is 0 Å². The summed E-state index contributed by atoms with van der Waals surface area (Å²) in [4.78, 5) is 0. The van der Waals surface area contributed by atoms with Crippen LogP contribution in [-0.2, 0) is 0 Å². The van der Waals surface area contributed by atoms with E-state index in [1.165, 1.54) is 0 Å². The molecule has 1 aromatic rings. The van der Waals surface area contributed by atoms with Crippen LogP contribution in [0.2, 0.25) is 0 Å². The molecule has 0 fully saturated rings. The number of aliphatic hydroxyl groups excluding tert-OH is 2. The summed E-state index contributed by atoms with van der Waals surface area (Å²) in [5, 5.41) is 20.5. The Morgan fingerprint density at radius 2 is 1.65 bits per heavy atom. The molecule has 0 aliphatic carbocycles. The van der Waals surface area contributed by atoms with Crippen LogP contribution in [0.3, 0.4) is 0 Å². The van der Waals surface area contributed by atoms with Crippen LogP contribution >= 0.6 is 0 Å². The fraction of sp³-hybridized carbons (Fsp3) is 0.600. The van der Waals surface area contributed by atoms with Crippen LogP contribution < -0.4 is 0 Å². The molecule has 0 spiro atoms. The Kier molecular flexibility index (Phi) is 5.16. The van der Waals surface area contributed by atoms with Crippen LogP contribution in [0.15, 0.2) is 18.2 Å². The van der Waals surface area contributed by atoms with Gasteiger partial charge in [-0.2, -0.15) is 0 Å². The van der Waals surface area contributed by atoms with E-state index in [4.69, 9.17) is 0 Å². The van der Waals surface area contributed by atoms with E-state index in [-0.39, 0.29) is 5.92 Å². The van der Waals surface area contributed by atoms with Gasteiger partial charge >= 0.3 is 0 Å². The number of aryl methyl sites for hydroxylation is 1. The first-order valence-electron chi connectivity index (χ1n) is 6.45. The molecule has 0 heterocycles. The van der Waals surface area contributed by atoms with E-state index in [2.05, 4.69) is 0 Å². The summed E-state index contributed by atoms with van der Waals surface area (Å²) in [5.41, 5.74) is 3.08. The highest BCUT2D eigenvalue weighted by Crippen LogP contribution is 2.28. The highest BCUT2D eigenvalue weighted by molar-refractivity contribution is 5.35. The predicted octanol–water partition coefficient (Wildman–Crippen LogP) is 3.13. The highest BCUT2D eigenvalue weighted by atomic mass is 16.3. The third-order valence-electron chi connectivity index (χ3n) is 3.82. The van der Waals surface area contributed by atoms with E-state index in [0.717, 1.165) is 29.5 Å². The average Bonchev–Trinajstić information content (AvgIpc) is 2.33. The van der Waals surface area contributed by atoms with Crippen LogP contribution in [0.4, 0.5) is 0 Å². The summed E-state index contributed by atoms with van der Waals surface area (Å²) < 4.78 is 0. The first-order valence-corrected chi connectivity index (χ1v) is 6.45. The van der Waals surface area contributed by atoms with Gasteiger partial charge in [0.25, 0.3) is 0 Å². The fourth-order valence-electron chi connectivity index (χ4n) is 2.31. The van der Waals surface area contributed by atoms with Crippen LogP contribution in [0, 0.1) is 19.8 Å². The molecule has 0 radical (unpaired) electrons. The van der Waals surface area contributed by atoms with Crippen LogP contribution in [0.5, 0.6) is 0 Å². The van der Waals surface area contributed by atoms with Crippen molar-refractivity contribution < 1.29 is 10.2 Å². The number of benzene rings is 1. The quantitative estimate of drug-likeness (QED) is 0.824. The van der Waals surface area contributed by atoms with Gasteiger partial charge in [0, 0.05) is 0 Å². The van der Waals surface area contributed by atoms with Crippen LogP contribution in [-0.4, -0.2) is 16.3 Å². The lowest BCUT2D eigenvalue weighted by Gasteiger charge is -2.26. The van der Waals surface area contributed by atoms with E-state index in [9.17, 15) is 10.2 Å². The summed E-state index contributed by atoms with van der Waals surface area (Å²) in [6, 6.07) is 5.86. The molecule has 2 unspecified atom stereocenters. The third kappa shape index (κ3) is 3.08. The number of hydrogen-bond donors (Lipinski definition) is 2. The Hall–Kier alpha value is -0.860. The van der Waals surface area contributed by atoms with E-state index < -0.39 is 12.2 Å². The van der Waals surface area contributed by atoms with Gasteiger partial charge in [-0.3, -0.25) is 0 Å². The highest BCUT2D eigenvalue weighted by Gasteiger charge is 2.26. The van der Waals surface area contributed by atoms with Crippen molar-refractivity contribution in [3.05, 3.63) is 34.9 Å². The monoisotopic (exact) mass is 236 g/mol. The van der Waals surface area contributed by atoms with Gasteiger partial charge in [0.1, 0.15) is 6.10 Å². The Morgan fingerprint density at radius 3 is 2.18 bits per heavy atom. The van der Waals surface area contributed by atoms with E-state index in [1.54, 1.807) is 0 Å². The predicted molar refractivity (Wildman–Crippen MR) is 71.0 cm³/mol. The molecule has 2 heteroatoms. The zero-order valence-corrected chi connectivity index (χ0v) is 11.3. The van der Waals surface area contributed by atoms with Crippen molar-refractivity contribution in [3.8, 4) is 0 Å². The van der Waals surface area contributed by atoms with E-state index in [1.807, 2.05) is 45.9 Å². The summed E-state index contributed by atoms with van der Waals surface area (Å²) in [5.74, 6) is 0.157. The maximum absolute atomic E-state index is 10.3. The zero-order valence-electron chi connectivity index (χ0n) is 11.3. The molecule has 0 bridgehead atoms. The topological polar surface area (TPSA) is 40.5 Å². The normalized spacial score (nSPS) is 15.0. The van der Waals surface area contributed by atoms with Crippen molar-refractivity contribution >= 4 is 0 Å². The van der Waals surface area contributed by atoms with Gasteiger partial charge in [0.2, 0.25) is 0 Å². The molecule has 0 aromatic heterocycles. The Labute approximate surface area is 104 Å². The number of hydrogen-bond acceptors (Lipinski definition) is 2. The summed E-state index contributed by atoms with van der Waals surface area (Å²) in [7, 11) is 0. The van der Waals surface area contributed by atoms with E-state index >= 15 is 0 Å². The second-order valence-electron chi connectivity index (χ2n) is 4.80. The Morgan fingerprint density at radius 1 is 1.06 bits per heavy atom. The molecule has 0 saturated heterocycles. The van der Waals surface area contributed by atoms with Gasteiger partial charge in [-0.25, -0.2) is 0 Å². The summed E-state index contributed by atoms with van der Waals surface area (Å²) >= 11 is 0. The van der Waals surface area contributed by atoms with Crippen molar-refractivity contribution in [1.82, 2.24) is 0 Å². The fourth-order valence-corrected chi connectivity index (χ4v) is 2.31. The molecule has 0 aliphatic rings. The molecule has 0 aliphatic heterocycles. The molecule has 2 N–H and O–H groups in total. The molecular weight excluding hydrogens is 212 g/mol. The van der Waals surface area contributed by atoms with Gasteiger partial charge in [-0.1, -0.05) is 44.9 Å². The Bertz CT molecular complexity index is 356. The number of aliphatic hydroxyl groups is 2. The first-order chi connectivity index (χ1) is 8.02. The summed E-state index contributed by atoms with van der Waals surface area (Å²) in [6.07, 6.45) is 0.324. The molecule has 0 amide bonds. The lowest BCUT2D eigenvalue weighted by atomic mass is 9.87. The van der Waals surface area contributed by atoms with Crippen LogP contribution in [0.1, 0.15) is 49.5 Å². The van der Waals surface area contributed by atoms with Gasteiger partial charge in [-0.05, 0) is 36.5 Å². The molecule has 2 nitrogen and oxygen atoms in total. The average molecular weight is 236 g/mol. The molecule has 2 atom stereocenters. The lowest BCUT2D eigenvalue weighted by molar-refractivity contribution is -0.0212. The smallest absolute Gasteiger partial charge is 0.105 e. The molecule has 1 rings (SSSR count). The van der Waals surface area contributed by atoms with Gasteiger partial charge in [0.05, 0.1) is 6.10 Å². The van der Waals surface area contributed by atoms with Gasteiger partial charge in [-0.15, -0.1) is 0 Å². The lowest BCUT2D eigenvalue weighted by Crippen LogP contribution is -2.27. The zero-order chi connectivity index (χ0) is 13.0. The Balaban J connectivity index is 2.95. The minimum atomic E-state index is -0.778. The molecule has 96 valence electrons. The van der Waals surface area contributed by atoms with Crippen molar-refractivity contribution in [3.63, 3.8) is 0 Å². The van der Waals surface area contributed by atoms with Crippen LogP contribution in [0.25, 0.3) is 0 Å². The van der Waals surface area contributed by atoms with Crippen molar-refractivity contribution in [2.45, 2.75) is 52.7 Å². The summed E-state index contributed by atoms with van der Waals surface area (Å²) in [6.45, 7) is 8.11. The molecular formula is C15H24O2. The van der Waals surface area contributed by atoms with Crippen molar-refractivity contribution in [1.29, 1.82) is 0 Å².